The Kier molecular flexibility index (Phi) is 3.74. The minimum Gasteiger partial charge on any atom is -0.491 e. The van der Waals surface area contributed by atoms with Crippen molar-refractivity contribution in [3.63, 3.8) is 0 Å². The number of benzene rings is 1. The van der Waals surface area contributed by atoms with E-state index in [0.29, 0.717) is 19.1 Å². The van der Waals surface area contributed by atoms with E-state index in [-0.39, 0.29) is 35.6 Å². The van der Waals surface area contributed by atoms with Crippen LogP contribution < -0.4 is 10.1 Å². The number of amides is 1. The number of ether oxygens (including phenoxy) is 1. The van der Waals surface area contributed by atoms with Crippen LogP contribution in [0.5, 0.6) is 5.75 Å². The summed E-state index contributed by atoms with van der Waals surface area (Å²) in [6.45, 7) is 0.240. The van der Waals surface area contributed by atoms with E-state index in [2.05, 4.69) is 5.32 Å². The number of carbonyl (C=O) groups excluding carboxylic acids is 2. The van der Waals surface area contributed by atoms with Crippen molar-refractivity contribution in [1.29, 1.82) is 0 Å². The molecule has 1 aromatic carbocycles. The van der Waals surface area contributed by atoms with Crippen molar-refractivity contribution in [2.24, 2.45) is 0 Å². The fraction of sp³-hybridized carbons (Fsp3) is 0.333. The van der Waals surface area contributed by atoms with Crippen LogP contribution in [0, 0.1) is 10.1 Å². The Labute approximate surface area is 108 Å². The van der Waals surface area contributed by atoms with Gasteiger partial charge in [0.15, 0.2) is 6.29 Å². The number of aldehydes is 1. The number of hydrogen-bond acceptors (Lipinski definition) is 5. The van der Waals surface area contributed by atoms with E-state index in [1.54, 1.807) is 0 Å². The average molecular weight is 264 g/mol. The van der Waals surface area contributed by atoms with Crippen LogP contribution in [0.3, 0.4) is 0 Å². The van der Waals surface area contributed by atoms with Crippen molar-refractivity contribution in [3.8, 4) is 5.75 Å². The summed E-state index contributed by atoms with van der Waals surface area (Å²) in [5.41, 5.74) is -0.0397. The Morgan fingerprint density at radius 1 is 1.53 bits per heavy atom. The lowest BCUT2D eigenvalue weighted by atomic mass is 10.2. The number of carbonyl (C=O) groups is 2. The highest BCUT2D eigenvalue weighted by Crippen LogP contribution is 2.23. The standard InChI is InChI=1S/C12H12N2O5/c15-6-8-5-10(14(17)18)2-3-11(8)19-7-9-1-4-12(16)13-9/h2-3,5-6,9H,1,4,7H2,(H,13,16). The van der Waals surface area contributed by atoms with Gasteiger partial charge >= 0.3 is 0 Å². The number of rotatable bonds is 5. The molecule has 1 aliphatic rings. The molecule has 0 radical (unpaired) electrons. The van der Waals surface area contributed by atoms with E-state index in [1.807, 2.05) is 0 Å². The van der Waals surface area contributed by atoms with Gasteiger partial charge in [-0.25, -0.2) is 0 Å². The van der Waals surface area contributed by atoms with Crippen LogP contribution in [0.25, 0.3) is 0 Å². The zero-order chi connectivity index (χ0) is 13.8. The summed E-state index contributed by atoms with van der Waals surface area (Å²) in [6, 6.07) is 3.74. The molecule has 19 heavy (non-hydrogen) atoms. The molecule has 1 heterocycles. The summed E-state index contributed by atoms with van der Waals surface area (Å²) in [7, 11) is 0. The van der Waals surface area contributed by atoms with E-state index in [9.17, 15) is 19.7 Å². The summed E-state index contributed by atoms with van der Waals surface area (Å²) < 4.78 is 5.43. The summed E-state index contributed by atoms with van der Waals surface area (Å²) in [5.74, 6) is 0.259. The molecule has 1 unspecified atom stereocenters. The Bertz CT molecular complexity index is 529. The predicted octanol–water partition coefficient (Wildman–Crippen LogP) is 1.06. The van der Waals surface area contributed by atoms with Crippen LogP contribution in [-0.4, -0.2) is 29.8 Å². The highest BCUT2D eigenvalue weighted by Gasteiger charge is 2.21. The van der Waals surface area contributed by atoms with Crippen LogP contribution in [0.1, 0.15) is 23.2 Å². The molecule has 0 bridgehead atoms. The van der Waals surface area contributed by atoms with E-state index in [0.717, 1.165) is 6.07 Å². The summed E-state index contributed by atoms with van der Waals surface area (Å²) >= 11 is 0. The van der Waals surface area contributed by atoms with Gasteiger partial charge in [-0.3, -0.25) is 19.7 Å². The van der Waals surface area contributed by atoms with E-state index in [4.69, 9.17) is 4.74 Å². The van der Waals surface area contributed by atoms with Crippen LogP contribution >= 0.6 is 0 Å². The molecule has 7 heteroatoms. The molecular formula is C12H12N2O5. The molecule has 2 rings (SSSR count). The van der Waals surface area contributed by atoms with E-state index < -0.39 is 4.92 Å². The molecular weight excluding hydrogens is 252 g/mol. The monoisotopic (exact) mass is 264 g/mol. The van der Waals surface area contributed by atoms with Crippen molar-refractivity contribution in [3.05, 3.63) is 33.9 Å². The maximum absolute atomic E-state index is 11.0. The third-order valence-electron chi connectivity index (χ3n) is 2.86. The first-order chi connectivity index (χ1) is 9.10. The van der Waals surface area contributed by atoms with Crippen LogP contribution in [0.4, 0.5) is 5.69 Å². The van der Waals surface area contributed by atoms with Gasteiger partial charge in [-0.1, -0.05) is 0 Å². The Morgan fingerprint density at radius 3 is 2.89 bits per heavy atom. The zero-order valence-corrected chi connectivity index (χ0v) is 10.00. The lowest BCUT2D eigenvalue weighted by Gasteiger charge is -2.12. The molecule has 1 aromatic rings. The molecule has 0 spiro atoms. The number of non-ortho nitro benzene ring substituents is 1. The van der Waals surface area contributed by atoms with Gasteiger partial charge in [-0.15, -0.1) is 0 Å². The molecule has 1 amide bonds. The lowest BCUT2D eigenvalue weighted by molar-refractivity contribution is -0.384. The average Bonchev–Trinajstić information content (AvgIpc) is 2.81. The number of nitro benzene ring substituents is 1. The van der Waals surface area contributed by atoms with Gasteiger partial charge in [0.2, 0.25) is 5.91 Å². The van der Waals surface area contributed by atoms with Crippen molar-refractivity contribution in [1.82, 2.24) is 5.32 Å². The largest absolute Gasteiger partial charge is 0.491 e. The van der Waals surface area contributed by atoms with Crippen molar-refractivity contribution >= 4 is 17.9 Å². The molecule has 1 aliphatic heterocycles. The third-order valence-corrected chi connectivity index (χ3v) is 2.86. The van der Waals surface area contributed by atoms with Gasteiger partial charge in [-0.05, 0) is 12.5 Å². The van der Waals surface area contributed by atoms with Gasteiger partial charge in [0.05, 0.1) is 16.5 Å². The molecule has 100 valence electrons. The third kappa shape index (κ3) is 3.06. The first-order valence-corrected chi connectivity index (χ1v) is 5.76. The minimum absolute atomic E-state index is 0.0205. The summed E-state index contributed by atoms with van der Waals surface area (Å²) in [5, 5.41) is 13.3. The number of nitrogens with zero attached hydrogens (tertiary/aromatic N) is 1. The maximum Gasteiger partial charge on any atom is 0.270 e. The summed E-state index contributed by atoms with van der Waals surface area (Å²) in [6.07, 6.45) is 1.66. The number of hydrogen-bond donors (Lipinski definition) is 1. The normalized spacial score (nSPS) is 17.9. The smallest absolute Gasteiger partial charge is 0.270 e. The minimum atomic E-state index is -0.575. The first-order valence-electron chi connectivity index (χ1n) is 5.76. The van der Waals surface area contributed by atoms with Crippen LogP contribution in [-0.2, 0) is 4.79 Å². The highest BCUT2D eigenvalue weighted by molar-refractivity contribution is 5.80. The van der Waals surface area contributed by atoms with Gasteiger partial charge in [0.25, 0.3) is 5.69 Å². The van der Waals surface area contributed by atoms with Gasteiger partial charge < -0.3 is 10.1 Å². The van der Waals surface area contributed by atoms with Gasteiger partial charge in [-0.2, -0.15) is 0 Å². The van der Waals surface area contributed by atoms with E-state index in [1.165, 1.54) is 12.1 Å². The quantitative estimate of drug-likeness (QED) is 0.487. The molecule has 7 nitrogen and oxygen atoms in total. The maximum atomic E-state index is 11.0. The Balaban J connectivity index is 2.05. The zero-order valence-electron chi connectivity index (χ0n) is 10.00. The molecule has 1 saturated heterocycles. The molecule has 0 aliphatic carbocycles. The predicted molar refractivity (Wildman–Crippen MR) is 65.1 cm³/mol. The highest BCUT2D eigenvalue weighted by atomic mass is 16.6. The fourth-order valence-electron chi connectivity index (χ4n) is 1.87. The SMILES string of the molecule is O=Cc1cc([N+](=O)[O-])ccc1OCC1CCC(=O)N1. The first kappa shape index (κ1) is 13.0. The fourth-order valence-corrected chi connectivity index (χ4v) is 1.87. The van der Waals surface area contributed by atoms with Crippen molar-refractivity contribution < 1.29 is 19.2 Å². The van der Waals surface area contributed by atoms with Crippen molar-refractivity contribution in [2.75, 3.05) is 6.61 Å². The molecule has 1 fully saturated rings. The van der Waals surface area contributed by atoms with Gasteiger partial charge in [0.1, 0.15) is 12.4 Å². The van der Waals surface area contributed by atoms with Gasteiger partial charge in [0, 0.05) is 18.6 Å². The molecule has 1 atom stereocenters. The van der Waals surface area contributed by atoms with Crippen molar-refractivity contribution in [2.45, 2.75) is 18.9 Å². The lowest BCUT2D eigenvalue weighted by Crippen LogP contribution is -2.31. The summed E-state index contributed by atoms with van der Waals surface area (Å²) in [4.78, 5) is 31.9. The Hall–Kier alpha value is -2.44. The molecule has 0 saturated carbocycles. The topological polar surface area (TPSA) is 98.5 Å². The molecule has 1 N–H and O–H groups in total. The number of nitrogens with one attached hydrogen (secondary N) is 1. The second-order valence-corrected chi connectivity index (χ2v) is 4.21. The Morgan fingerprint density at radius 2 is 2.32 bits per heavy atom. The van der Waals surface area contributed by atoms with Crippen LogP contribution in [0.15, 0.2) is 18.2 Å². The second kappa shape index (κ2) is 5.47. The van der Waals surface area contributed by atoms with E-state index >= 15 is 0 Å². The van der Waals surface area contributed by atoms with Crippen LogP contribution in [0.2, 0.25) is 0 Å². The second-order valence-electron chi connectivity index (χ2n) is 4.21. The molecule has 0 aromatic heterocycles. The number of nitro groups is 1.